The van der Waals surface area contributed by atoms with Gasteiger partial charge in [-0.3, -0.25) is 19.8 Å². The van der Waals surface area contributed by atoms with Crippen LogP contribution >= 0.6 is 12.2 Å². The Morgan fingerprint density at radius 1 is 1.09 bits per heavy atom. The van der Waals surface area contributed by atoms with E-state index in [1.807, 2.05) is 48.7 Å². The van der Waals surface area contributed by atoms with Crippen LogP contribution in [0.3, 0.4) is 0 Å². The van der Waals surface area contributed by atoms with Crippen LogP contribution in [0.1, 0.15) is 22.5 Å². The molecular formula is C27H24FN3O3S. The molecule has 1 aliphatic rings. The Balaban J connectivity index is 1.56. The first-order valence-electron chi connectivity index (χ1n) is 10.9. The highest BCUT2D eigenvalue weighted by atomic mass is 32.1. The SMILES string of the molecule is C=CCN1C(=O)/C(=C/c2cc(C)n(-c3ccc(OCc4ccc(F)cc4)cc3)c2C)C(=O)NC1=S. The van der Waals surface area contributed by atoms with E-state index in [9.17, 15) is 14.0 Å². The van der Waals surface area contributed by atoms with Crippen molar-refractivity contribution in [3.8, 4) is 11.4 Å². The van der Waals surface area contributed by atoms with E-state index in [0.29, 0.717) is 12.4 Å². The van der Waals surface area contributed by atoms with Crippen molar-refractivity contribution in [3.63, 3.8) is 0 Å². The van der Waals surface area contributed by atoms with Gasteiger partial charge in [0, 0.05) is 23.6 Å². The summed E-state index contributed by atoms with van der Waals surface area (Å²) < 4.78 is 20.9. The quantitative estimate of drug-likeness (QED) is 0.228. The van der Waals surface area contributed by atoms with Crippen molar-refractivity contribution < 1.29 is 18.7 Å². The average Bonchev–Trinajstić information content (AvgIpc) is 3.12. The Labute approximate surface area is 208 Å². The molecule has 0 atom stereocenters. The number of benzene rings is 2. The second-order valence-corrected chi connectivity index (χ2v) is 8.48. The third-order valence-corrected chi connectivity index (χ3v) is 6.00. The summed E-state index contributed by atoms with van der Waals surface area (Å²) in [5.41, 5.74) is 4.37. The number of thiocarbonyl (C=S) groups is 1. The third kappa shape index (κ3) is 5.07. The summed E-state index contributed by atoms with van der Waals surface area (Å²) in [7, 11) is 0. The number of halogens is 1. The Kier molecular flexibility index (Phi) is 6.93. The second kappa shape index (κ2) is 10.1. The zero-order chi connectivity index (χ0) is 25.1. The van der Waals surface area contributed by atoms with Gasteiger partial charge in [0.25, 0.3) is 11.8 Å². The van der Waals surface area contributed by atoms with Gasteiger partial charge < -0.3 is 9.30 Å². The van der Waals surface area contributed by atoms with Crippen LogP contribution < -0.4 is 10.1 Å². The smallest absolute Gasteiger partial charge is 0.265 e. The molecule has 2 heterocycles. The Morgan fingerprint density at radius 2 is 1.77 bits per heavy atom. The van der Waals surface area contributed by atoms with Crippen LogP contribution in [0.15, 0.2) is 72.8 Å². The zero-order valence-electron chi connectivity index (χ0n) is 19.4. The molecule has 2 amide bonds. The minimum Gasteiger partial charge on any atom is -0.489 e. The normalized spacial score (nSPS) is 14.9. The van der Waals surface area contributed by atoms with Crippen LogP contribution in [0.4, 0.5) is 4.39 Å². The van der Waals surface area contributed by atoms with Crippen LogP contribution in [-0.2, 0) is 16.2 Å². The molecule has 1 fully saturated rings. The number of carbonyl (C=O) groups excluding carboxylic acids is 2. The molecule has 2 aromatic carbocycles. The first-order valence-corrected chi connectivity index (χ1v) is 11.4. The Hall–Kier alpha value is -4.04. The van der Waals surface area contributed by atoms with Crippen molar-refractivity contribution in [2.75, 3.05) is 6.54 Å². The minimum absolute atomic E-state index is 0.0187. The zero-order valence-corrected chi connectivity index (χ0v) is 20.2. The number of nitrogens with one attached hydrogen (secondary N) is 1. The summed E-state index contributed by atoms with van der Waals surface area (Å²) in [5, 5.41) is 2.64. The topological polar surface area (TPSA) is 63.6 Å². The maximum atomic E-state index is 13.1. The molecule has 0 aliphatic carbocycles. The maximum Gasteiger partial charge on any atom is 0.265 e. The van der Waals surface area contributed by atoms with Gasteiger partial charge in [-0.1, -0.05) is 18.2 Å². The number of hydrogen-bond donors (Lipinski definition) is 1. The lowest BCUT2D eigenvalue weighted by atomic mass is 10.1. The van der Waals surface area contributed by atoms with Gasteiger partial charge in [-0.2, -0.15) is 0 Å². The number of ether oxygens (including phenoxy) is 1. The predicted octanol–water partition coefficient (Wildman–Crippen LogP) is 4.62. The second-order valence-electron chi connectivity index (χ2n) is 8.09. The van der Waals surface area contributed by atoms with Crippen molar-refractivity contribution in [1.82, 2.24) is 14.8 Å². The van der Waals surface area contributed by atoms with Gasteiger partial charge in [-0.05, 0) is 85.7 Å². The third-order valence-electron chi connectivity index (χ3n) is 5.68. The van der Waals surface area contributed by atoms with E-state index in [1.165, 1.54) is 17.0 Å². The predicted molar refractivity (Wildman–Crippen MR) is 137 cm³/mol. The Morgan fingerprint density at radius 3 is 2.43 bits per heavy atom. The first kappa shape index (κ1) is 24.1. The standard InChI is InChI=1S/C27H24FN3O3S/c1-4-13-30-26(33)24(25(32)29-27(30)35)15-20-14-17(2)31(18(20)3)22-9-11-23(12-10-22)34-16-19-5-7-21(28)8-6-19/h4-12,14-15H,1,13,16H2,2-3H3,(H,29,32,35)/b24-15+. The van der Waals surface area contributed by atoms with Crippen molar-refractivity contribution in [2.45, 2.75) is 20.5 Å². The van der Waals surface area contributed by atoms with Crippen molar-refractivity contribution >= 4 is 35.2 Å². The van der Waals surface area contributed by atoms with Crippen LogP contribution in [0.2, 0.25) is 0 Å². The monoisotopic (exact) mass is 489 g/mol. The summed E-state index contributed by atoms with van der Waals surface area (Å²) in [5.74, 6) is -0.568. The molecule has 3 aromatic rings. The molecule has 1 aliphatic heterocycles. The lowest BCUT2D eigenvalue weighted by molar-refractivity contribution is -0.128. The fraction of sp³-hybridized carbons (Fsp3) is 0.148. The highest BCUT2D eigenvalue weighted by Gasteiger charge is 2.32. The summed E-state index contributed by atoms with van der Waals surface area (Å²) in [6.07, 6.45) is 3.15. The van der Waals surface area contributed by atoms with Crippen LogP contribution in [0.5, 0.6) is 5.75 Å². The average molecular weight is 490 g/mol. The molecule has 0 bridgehead atoms. The maximum absolute atomic E-state index is 13.1. The van der Waals surface area contributed by atoms with Crippen molar-refractivity contribution in [3.05, 3.63) is 101 Å². The van der Waals surface area contributed by atoms with Crippen molar-refractivity contribution in [1.29, 1.82) is 0 Å². The number of aryl methyl sites for hydroxylation is 1. The van der Waals surface area contributed by atoms with E-state index in [4.69, 9.17) is 17.0 Å². The molecule has 0 saturated carbocycles. The summed E-state index contributed by atoms with van der Waals surface area (Å²) in [6.45, 7) is 8.07. The fourth-order valence-electron chi connectivity index (χ4n) is 3.91. The number of aromatic nitrogens is 1. The molecular weight excluding hydrogens is 465 g/mol. The van der Waals surface area contributed by atoms with Gasteiger partial charge in [0.1, 0.15) is 23.7 Å². The molecule has 0 radical (unpaired) electrons. The molecule has 1 aromatic heterocycles. The van der Waals surface area contributed by atoms with Crippen LogP contribution in [0, 0.1) is 19.7 Å². The molecule has 0 unspecified atom stereocenters. The van der Waals surface area contributed by atoms with Crippen molar-refractivity contribution in [2.24, 2.45) is 0 Å². The number of hydrogen-bond acceptors (Lipinski definition) is 4. The summed E-state index contributed by atoms with van der Waals surface area (Å²) in [6, 6.07) is 15.7. The van der Waals surface area contributed by atoms with E-state index >= 15 is 0 Å². The molecule has 1 saturated heterocycles. The van der Waals surface area contributed by atoms with E-state index in [1.54, 1.807) is 24.3 Å². The molecule has 178 valence electrons. The van der Waals surface area contributed by atoms with E-state index in [-0.39, 0.29) is 23.0 Å². The van der Waals surface area contributed by atoms with Gasteiger partial charge in [0.2, 0.25) is 0 Å². The number of rotatable bonds is 7. The van der Waals surface area contributed by atoms with Gasteiger partial charge in [-0.15, -0.1) is 6.58 Å². The van der Waals surface area contributed by atoms with E-state index in [2.05, 4.69) is 11.9 Å². The van der Waals surface area contributed by atoms with E-state index < -0.39 is 11.8 Å². The lowest BCUT2D eigenvalue weighted by Gasteiger charge is -2.27. The van der Waals surface area contributed by atoms with Gasteiger partial charge in [0.05, 0.1) is 0 Å². The summed E-state index contributed by atoms with van der Waals surface area (Å²) in [4.78, 5) is 26.6. The molecule has 0 spiro atoms. The fourth-order valence-corrected chi connectivity index (χ4v) is 4.16. The number of amides is 2. The van der Waals surface area contributed by atoms with Gasteiger partial charge in [-0.25, -0.2) is 4.39 Å². The van der Waals surface area contributed by atoms with Crippen LogP contribution in [0.25, 0.3) is 11.8 Å². The molecule has 6 nitrogen and oxygen atoms in total. The first-order chi connectivity index (χ1) is 16.8. The number of nitrogens with zero attached hydrogens (tertiary/aromatic N) is 2. The van der Waals surface area contributed by atoms with Crippen LogP contribution in [-0.4, -0.2) is 32.9 Å². The minimum atomic E-state index is -0.521. The Bertz CT molecular complexity index is 1340. The summed E-state index contributed by atoms with van der Waals surface area (Å²) >= 11 is 5.11. The largest absolute Gasteiger partial charge is 0.489 e. The molecule has 8 heteroatoms. The van der Waals surface area contributed by atoms with Gasteiger partial charge >= 0.3 is 0 Å². The molecule has 4 rings (SSSR count). The molecule has 35 heavy (non-hydrogen) atoms. The van der Waals surface area contributed by atoms with E-state index in [0.717, 1.165) is 28.2 Å². The lowest BCUT2D eigenvalue weighted by Crippen LogP contribution is -2.53. The van der Waals surface area contributed by atoms with Gasteiger partial charge in [0.15, 0.2) is 5.11 Å². The highest BCUT2D eigenvalue weighted by Crippen LogP contribution is 2.26. The molecule has 1 N–H and O–H groups in total. The highest BCUT2D eigenvalue weighted by molar-refractivity contribution is 7.80. The number of carbonyl (C=O) groups is 2.